The second kappa shape index (κ2) is 5.76. The van der Waals surface area contributed by atoms with Crippen LogP contribution in [0, 0.1) is 5.82 Å². The third kappa shape index (κ3) is 2.58. The van der Waals surface area contributed by atoms with Gasteiger partial charge in [0.2, 0.25) is 5.88 Å². The first-order valence-electron chi connectivity index (χ1n) is 6.47. The van der Waals surface area contributed by atoms with Gasteiger partial charge in [0.25, 0.3) is 0 Å². The zero-order valence-corrected chi connectivity index (χ0v) is 11.7. The molecular formula is C14H12FN5O2. The highest BCUT2D eigenvalue weighted by atomic mass is 19.1. The lowest BCUT2D eigenvalue weighted by Crippen LogP contribution is -2.23. The molecule has 0 saturated carbocycles. The highest BCUT2D eigenvalue weighted by Gasteiger charge is 2.15. The predicted molar refractivity (Wildman–Crippen MR) is 75.1 cm³/mol. The van der Waals surface area contributed by atoms with E-state index in [1.165, 1.54) is 19.2 Å². The molecule has 112 valence electrons. The zero-order valence-electron chi connectivity index (χ0n) is 11.7. The quantitative estimate of drug-likeness (QED) is 0.721. The van der Waals surface area contributed by atoms with Gasteiger partial charge in [-0.3, -0.25) is 0 Å². The SMILES string of the molecule is Cn1nnn(-c2cccc(F)c2COc2ccccn2)c1=O. The molecule has 0 spiro atoms. The number of benzene rings is 1. The van der Waals surface area contributed by atoms with Crippen LogP contribution in [0.25, 0.3) is 5.69 Å². The Bertz CT molecular complexity index is 844. The van der Waals surface area contributed by atoms with Crippen LogP contribution in [0.5, 0.6) is 5.88 Å². The molecule has 0 radical (unpaired) electrons. The lowest BCUT2D eigenvalue weighted by Gasteiger charge is -2.10. The molecule has 2 aromatic heterocycles. The van der Waals surface area contributed by atoms with Crippen LogP contribution >= 0.6 is 0 Å². The molecule has 1 aromatic carbocycles. The molecule has 0 atom stereocenters. The molecule has 0 fully saturated rings. The number of hydrogen-bond acceptors (Lipinski definition) is 5. The van der Waals surface area contributed by atoms with Gasteiger partial charge >= 0.3 is 5.69 Å². The minimum absolute atomic E-state index is 0.0813. The number of hydrogen-bond donors (Lipinski definition) is 0. The Morgan fingerprint density at radius 1 is 1.18 bits per heavy atom. The first kappa shape index (κ1) is 13.9. The van der Waals surface area contributed by atoms with Crippen molar-refractivity contribution in [3.8, 4) is 11.6 Å². The van der Waals surface area contributed by atoms with Gasteiger partial charge in [0, 0.05) is 19.3 Å². The van der Waals surface area contributed by atoms with E-state index >= 15 is 0 Å². The molecule has 0 saturated heterocycles. The lowest BCUT2D eigenvalue weighted by molar-refractivity contribution is 0.287. The topological polar surface area (TPSA) is 74.8 Å². The molecule has 0 N–H and O–H groups in total. The monoisotopic (exact) mass is 301 g/mol. The summed E-state index contributed by atoms with van der Waals surface area (Å²) in [7, 11) is 1.47. The molecule has 2 heterocycles. The Morgan fingerprint density at radius 3 is 2.73 bits per heavy atom. The fourth-order valence-corrected chi connectivity index (χ4v) is 1.93. The number of ether oxygens (including phenoxy) is 1. The molecule has 0 bridgehead atoms. The number of aromatic nitrogens is 5. The third-order valence-corrected chi connectivity index (χ3v) is 3.05. The number of pyridine rings is 1. The Labute approximate surface area is 124 Å². The predicted octanol–water partition coefficient (Wildman–Crippen LogP) is 1.08. The second-order valence-corrected chi connectivity index (χ2v) is 4.49. The Hall–Kier alpha value is -3.03. The molecule has 8 heteroatoms. The maximum atomic E-state index is 14.1. The van der Waals surface area contributed by atoms with Crippen molar-refractivity contribution in [2.45, 2.75) is 6.61 Å². The van der Waals surface area contributed by atoms with Crippen molar-refractivity contribution >= 4 is 0 Å². The first-order valence-corrected chi connectivity index (χ1v) is 6.47. The van der Waals surface area contributed by atoms with Crippen molar-refractivity contribution in [2.75, 3.05) is 0 Å². The number of tetrazole rings is 1. The van der Waals surface area contributed by atoms with Gasteiger partial charge in [-0.2, -0.15) is 9.36 Å². The van der Waals surface area contributed by atoms with Crippen LogP contribution in [0.3, 0.4) is 0 Å². The fraction of sp³-hybridized carbons (Fsp3) is 0.143. The van der Waals surface area contributed by atoms with Crippen molar-refractivity contribution in [1.82, 2.24) is 24.8 Å². The van der Waals surface area contributed by atoms with Gasteiger partial charge in [-0.1, -0.05) is 12.1 Å². The van der Waals surface area contributed by atoms with E-state index < -0.39 is 11.5 Å². The molecular weight excluding hydrogens is 289 g/mol. The highest BCUT2D eigenvalue weighted by molar-refractivity contribution is 5.40. The zero-order chi connectivity index (χ0) is 15.5. The van der Waals surface area contributed by atoms with Gasteiger partial charge in [0.15, 0.2) is 0 Å². The summed E-state index contributed by atoms with van der Waals surface area (Å²) in [4.78, 5) is 15.9. The van der Waals surface area contributed by atoms with E-state index in [1.807, 2.05) is 0 Å². The summed E-state index contributed by atoms with van der Waals surface area (Å²) in [6, 6.07) is 9.54. The van der Waals surface area contributed by atoms with Crippen molar-refractivity contribution in [1.29, 1.82) is 0 Å². The maximum absolute atomic E-state index is 14.1. The van der Waals surface area contributed by atoms with Crippen LogP contribution in [0.4, 0.5) is 4.39 Å². The van der Waals surface area contributed by atoms with Crippen molar-refractivity contribution in [2.24, 2.45) is 7.05 Å². The van der Waals surface area contributed by atoms with E-state index in [0.29, 0.717) is 5.88 Å². The van der Waals surface area contributed by atoms with Crippen LogP contribution < -0.4 is 10.4 Å². The average molecular weight is 301 g/mol. The Kier molecular flexibility index (Phi) is 3.65. The number of aryl methyl sites for hydroxylation is 1. The van der Waals surface area contributed by atoms with Gasteiger partial charge in [0.05, 0.1) is 11.3 Å². The number of rotatable bonds is 4. The fourth-order valence-electron chi connectivity index (χ4n) is 1.93. The summed E-state index contributed by atoms with van der Waals surface area (Å²) in [5.74, 6) is -0.130. The van der Waals surface area contributed by atoms with Gasteiger partial charge in [-0.15, -0.1) is 0 Å². The van der Waals surface area contributed by atoms with E-state index in [-0.39, 0.29) is 17.9 Å². The maximum Gasteiger partial charge on any atom is 0.368 e. The number of nitrogens with zero attached hydrogens (tertiary/aromatic N) is 5. The van der Waals surface area contributed by atoms with E-state index in [1.54, 1.807) is 30.5 Å². The van der Waals surface area contributed by atoms with Crippen molar-refractivity contribution in [3.63, 3.8) is 0 Å². The van der Waals surface area contributed by atoms with Gasteiger partial charge in [-0.25, -0.2) is 14.2 Å². The minimum atomic E-state index is -0.494. The van der Waals surface area contributed by atoms with Crippen LogP contribution in [0.2, 0.25) is 0 Å². The van der Waals surface area contributed by atoms with Crippen LogP contribution in [-0.4, -0.2) is 24.8 Å². The first-order chi connectivity index (χ1) is 10.7. The molecule has 0 unspecified atom stereocenters. The van der Waals surface area contributed by atoms with Crippen LogP contribution in [-0.2, 0) is 13.7 Å². The summed E-state index contributed by atoms with van der Waals surface area (Å²) in [6.07, 6.45) is 1.57. The molecule has 0 aliphatic heterocycles. The highest BCUT2D eigenvalue weighted by Crippen LogP contribution is 2.18. The van der Waals surface area contributed by atoms with E-state index in [4.69, 9.17) is 4.74 Å². The van der Waals surface area contributed by atoms with E-state index in [9.17, 15) is 9.18 Å². The van der Waals surface area contributed by atoms with Gasteiger partial charge < -0.3 is 4.74 Å². The minimum Gasteiger partial charge on any atom is -0.473 e. The molecule has 0 amide bonds. The van der Waals surface area contributed by atoms with E-state index in [2.05, 4.69) is 15.4 Å². The summed E-state index contributed by atoms with van der Waals surface area (Å²) >= 11 is 0. The molecule has 22 heavy (non-hydrogen) atoms. The van der Waals surface area contributed by atoms with Crippen LogP contribution in [0.15, 0.2) is 47.4 Å². The molecule has 0 aliphatic rings. The smallest absolute Gasteiger partial charge is 0.368 e. The standard InChI is InChI=1S/C14H12FN5O2/c1-19-14(21)20(18-17-19)12-6-4-5-11(15)10(12)9-22-13-7-2-3-8-16-13/h2-8H,9H2,1H3. The molecule has 7 nitrogen and oxygen atoms in total. The Morgan fingerprint density at radius 2 is 2.05 bits per heavy atom. The van der Waals surface area contributed by atoms with Gasteiger partial charge in [-0.05, 0) is 28.6 Å². The molecule has 3 aromatic rings. The van der Waals surface area contributed by atoms with Crippen molar-refractivity contribution < 1.29 is 9.13 Å². The summed E-state index contributed by atoms with van der Waals surface area (Å²) in [6.45, 7) is -0.0813. The molecule has 0 aliphatic carbocycles. The number of halogens is 1. The lowest BCUT2D eigenvalue weighted by atomic mass is 10.2. The second-order valence-electron chi connectivity index (χ2n) is 4.49. The third-order valence-electron chi connectivity index (χ3n) is 3.05. The molecule has 3 rings (SSSR count). The average Bonchev–Trinajstić information content (AvgIpc) is 2.86. The summed E-state index contributed by atoms with van der Waals surface area (Å²) in [5, 5.41) is 7.34. The van der Waals surface area contributed by atoms with E-state index in [0.717, 1.165) is 9.36 Å². The summed E-state index contributed by atoms with van der Waals surface area (Å²) in [5.41, 5.74) is 0.0227. The van der Waals surface area contributed by atoms with Crippen LogP contribution in [0.1, 0.15) is 5.56 Å². The van der Waals surface area contributed by atoms with Gasteiger partial charge in [0.1, 0.15) is 12.4 Å². The largest absolute Gasteiger partial charge is 0.473 e. The Balaban J connectivity index is 1.97. The normalized spacial score (nSPS) is 10.6. The van der Waals surface area contributed by atoms with Crippen molar-refractivity contribution in [3.05, 3.63) is 64.5 Å². The summed E-state index contributed by atoms with van der Waals surface area (Å²) < 4.78 is 21.7.